The molecule has 2 aliphatic rings. The van der Waals surface area contributed by atoms with E-state index in [-0.39, 0.29) is 29.3 Å². The molecule has 1 aromatic rings. The molecule has 144 valence electrons. The third-order valence-corrected chi connectivity index (χ3v) is 11.1. The number of Topliss-reactive ketones (excluding diaryl/α,β-unsaturated/α-hetero) is 1. The van der Waals surface area contributed by atoms with Crippen molar-refractivity contribution in [3.8, 4) is 5.75 Å². The first-order valence-electron chi connectivity index (χ1n) is 9.69. The number of carbonyl (C=O) groups excluding carboxylic acids is 1. The van der Waals surface area contributed by atoms with E-state index in [1.54, 1.807) is 7.11 Å². The topological polar surface area (TPSA) is 38.5 Å². The van der Waals surface area contributed by atoms with Gasteiger partial charge in [-0.1, -0.05) is 32.9 Å². The number of nitrogens with zero attached hydrogens (tertiary/aromatic N) is 1. The number of fused-ring (bicyclic) bond motifs is 1. The van der Waals surface area contributed by atoms with Crippen LogP contribution in [0.1, 0.15) is 52.1 Å². The fourth-order valence-corrected chi connectivity index (χ4v) is 5.23. The van der Waals surface area contributed by atoms with Crippen LogP contribution in [0.5, 0.6) is 5.75 Å². The summed E-state index contributed by atoms with van der Waals surface area (Å²) in [5.41, 5.74) is 1.22. The molecule has 5 heteroatoms. The maximum Gasteiger partial charge on any atom is 0.192 e. The molecule has 1 aliphatic carbocycles. The van der Waals surface area contributed by atoms with Crippen LogP contribution in [-0.2, 0) is 9.22 Å². The van der Waals surface area contributed by atoms with Gasteiger partial charge in [0.2, 0.25) is 0 Å². The SMILES string of the molecule is COc1ccc([C@@H](C)N2[C@@H]3[C@H]2C(=O)CC[C@H]3O[Si](C)(C)C(C)(C)C)cc1. The summed E-state index contributed by atoms with van der Waals surface area (Å²) >= 11 is 0. The maximum absolute atomic E-state index is 12.5. The predicted octanol–water partition coefficient (Wildman–Crippen LogP) is 4.56. The molecule has 1 heterocycles. The van der Waals surface area contributed by atoms with Crippen LogP contribution in [0.4, 0.5) is 0 Å². The number of benzene rings is 1. The Morgan fingerprint density at radius 2 is 1.81 bits per heavy atom. The highest BCUT2D eigenvalue weighted by Gasteiger charge is 2.61. The summed E-state index contributed by atoms with van der Waals surface area (Å²) in [7, 11) is -0.161. The molecule has 1 aromatic carbocycles. The molecule has 1 unspecified atom stereocenters. The molecule has 26 heavy (non-hydrogen) atoms. The first-order chi connectivity index (χ1) is 12.1. The van der Waals surface area contributed by atoms with Gasteiger partial charge in [0.15, 0.2) is 14.1 Å². The van der Waals surface area contributed by atoms with Gasteiger partial charge in [-0.3, -0.25) is 9.69 Å². The van der Waals surface area contributed by atoms with Crippen LogP contribution in [0.15, 0.2) is 24.3 Å². The van der Waals surface area contributed by atoms with E-state index < -0.39 is 8.32 Å². The molecular formula is C21H33NO3Si. The van der Waals surface area contributed by atoms with Crippen LogP contribution in [0.25, 0.3) is 0 Å². The van der Waals surface area contributed by atoms with Crippen molar-refractivity contribution in [2.45, 2.75) is 82.9 Å². The number of methoxy groups -OCH3 is 1. The van der Waals surface area contributed by atoms with E-state index in [0.717, 1.165) is 12.2 Å². The van der Waals surface area contributed by atoms with Gasteiger partial charge in [-0.15, -0.1) is 0 Å². The Bertz CT molecular complexity index is 665. The lowest BCUT2D eigenvalue weighted by Gasteiger charge is -2.40. The van der Waals surface area contributed by atoms with Crippen molar-refractivity contribution in [1.82, 2.24) is 4.90 Å². The first-order valence-corrected chi connectivity index (χ1v) is 12.6. The predicted molar refractivity (Wildman–Crippen MR) is 107 cm³/mol. The fourth-order valence-electron chi connectivity index (χ4n) is 3.86. The summed E-state index contributed by atoms with van der Waals surface area (Å²) in [6.45, 7) is 13.6. The van der Waals surface area contributed by atoms with Crippen LogP contribution in [0, 0.1) is 0 Å². The molecule has 2 fully saturated rings. The fraction of sp³-hybridized carbons (Fsp3) is 0.667. The molecule has 0 radical (unpaired) electrons. The Hall–Kier alpha value is -1.17. The van der Waals surface area contributed by atoms with Gasteiger partial charge in [-0.25, -0.2) is 0 Å². The highest BCUT2D eigenvalue weighted by atomic mass is 28.4. The zero-order valence-corrected chi connectivity index (χ0v) is 18.2. The van der Waals surface area contributed by atoms with Crippen molar-refractivity contribution in [2.75, 3.05) is 7.11 Å². The van der Waals surface area contributed by atoms with Crippen LogP contribution in [0.2, 0.25) is 18.1 Å². The molecule has 1 saturated heterocycles. The van der Waals surface area contributed by atoms with Gasteiger partial charge < -0.3 is 9.16 Å². The summed E-state index contributed by atoms with van der Waals surface area (Å²) in [5.74, 6) is 1.24. The minimum absolute atomic E-state index is 0.0376. The summed E-state index contributed by atoms with van der Waals surface area (Å²) in [6, 6.07) is 8.67. The normalized spacial score (nSPS) is 29.9. The van der Waals surface area contributed by atoms with Crippen LogP contribution in [-0.4, -0.2) is 44.3 Å². The summed E-state index contributed by atoms with van der Waals surface area (Å²) in [6.07, 6.45) is 1.68. The second-order valence-electron chi connectivity index (χ2n) is 9.25. The van der Waals surface area contributed by atoms with Crippen LogP contribution < -0.4 is 4.74 Å². The Kier molecular flexibility index (Phi) is 5.10. The van der Waals surface area contributed by atoms with Crippen molar-refractivity contribution in [1.29, 1.82) is 0 Å². The molecule has 0 aromatic heterocycles. The molecule has 0 N–H and O–H groups in total. The molecule has 0 spiro atoms. The second kappa shape index (κ2) is 6.77. The summed E-state index contributed by atoms with van der Waals surface area (Å²) in [5, 5.41) is 0.186. The standard InChI is InChI=1S/C21H33NO3Si/c1-14(15-8-10-16(24-5)11-9-15)22-19-17(23)12-13-18(20(19)22)25-26(6,7)21(2,3)4/h8-11,14,18-20H,12-13H2,1-7H3/t14-,18-,19-,20+,22?/m1/s1. The molecule has 0 amide bonds. The number of hydrogen-bond donors (Lipinski definition) is 0. The van der Waals surface area contributed by atoms with Gasteiger partial charge in [-0.2, -0.15) is 0 Å². The number of likely N-dealkylation sites (tertiary alicyclic amines) is 1. The van der Waals surface area contributed by atoms with E-state index in [1.807, 2.05) is 12.1 Å². The zero-order chi connectivity index (χ0) is 19.3. The van der Waals surface area contributed by atoms with Gasteiger partial charge in [0.25, 0.3) is 0 Å². The molecule has 5 atom stereocenters. The lowest BCUT2D eigenvalue weighted by molar-refractivity contribution is -0.120. The van der Waals surface area contributed by atoms with Crippen molar-refractivity contribution < 1.29 is 14.0 Å². The van der Waals surface area contributed by atoms with Crippen molar-refractivity contribution in [3.63, 3.8) is 0 Å². The van der Waals surface area contributed by atoms with Crippen molar-refractivity contribution in [3.05, 3.63) is 29.8 Å². The van der Waals surface area contributed by atoms with Gasteiger partial charge in [-0.05, 0) is 49.2 Å². The molecular weight excluding hydrogens is 342 g/mol. The molecule has 1 aliphatic heterocycles. The van der Waals surface area contributed by atoms with E-state index >= 15 is 0 Å². The minimum Gasteiger partial charge on any atom is -0.497 e. The third-order valence-electron chi connectivity index (χ3n) is 6.58. The van der Waals surface area contributed by atoms with E-state index in [4.69, 9.17) is 9.16 Å². The Labute approximate surface area is 159 Å². The molecule has 0 bridgehead atoms. The summed E-state index contributed by atoms with van der Waals surface area (Å²) in [4.78, 5) is 14.8. The third kappa shape index (κ3) is 3.49. The average Bonchev–Trinajstić information content (AvgIpc) is 3.32. The number of ketones is 1. The minimum atomic E-state index is -1.84. The van der Waals surface area contributed by atoms with E-state index in [1.165, 1.54) is 5.56 Å². The number of hydrogen-bond acceptors (Lipinski definition) is 4. The first kappa shape index (κ1) is 19.6. The highest BCUT2D eigenvalue weighted by Crippen LogP contribution is 2.48. The lowest BCUT2D eigenvalue weighted by atomic mass is 9.97. The Morgan fingerprint density at radius 3 is 2.35 bits per heavy atom. The van der Waals surface area contributed by atoms with Crippen molar-refractivity contribution in [2.24, 2.45) is 0 Å². The number of carbonyl (C=O) groups is 1. The Balaban J connectivity index is 1.76. The maximum atomic E-state index is 12.5. The highest BCUT2D eigenvalue weighted by molar-refractivity contribution is 6.74. The largest absolute Gasteiger partial charge is 0.497 e. The van der Waals surface area contributed by atoms with Crippen molar-refractivity contribution >= 4 is 14.1 Å². The van der Waals surface area contributed by atoms with Gasteiger partial charge in [0.1, 0.15) is 5.75 Å². The van der Waals surface area contributed by atoms with Gasteiger partial charge in [0, 0.05) is 12.5 Å². The lowest BCUT2D eigenvalue weighted by Crippen LogP contribution is -2.47. The number of ether oxygens (including phenoxy) is 1. The Morgan fingerprint density at radius 1 is 1.19 bits per heavy atom. The summed E-state index contributed by atoms with van der Waals surface area (Å²) < 4.78 is 12.0. The number of rotatable bonds is 5. The molecule has 3 rings (SSSR count). The smallest absolute Gasteiger partial charge is 0.192 e. The van der Waals surface area contributed by atoms with Gasteiger partial charge >= 0.3 is 0 Å². The second-order valence-corrected chi connectivity index (χ2v) is 14.0. The van der Waals surface area contributed by atoms with E-state index in [0.29, 0.717) is 12.2 Å². The van der Waals surface area contributed by atoms with Crippen LogP contribution in [0.3, 0.4) is 0 Å². The molecule has 4 nitrogen and oxygen atoms in total. The quantitative estimate of drug-likeness (QED) is 0.558. The monoisotopic (exact) mass is 375 g/mol. The average molecular weight is 376 g/mol. The zero-order valence-electron chi connectivity index (χ0n) is 17.2. The van der Waals surface area contributed by atoms with E-state index in [9.17, 15) is 4.79 Å². The van der Waals surface area contributed by atoms with Crippen LogP contribution >= 0.6 is 0 Å². The van der Waals surface area contributed by atoms with Gasteiger partial charge in [0.05, 0.1) is 25.3 Å². The van der Waals surface area contributed by atoms with E-state index in [2.05, 4.69) is 57.8 Å². The molecule has 1 saturated carbocycles.